The number of esters is 1. The predicted molar refractivity (Wildman–Crippen MR) is 80.8 cm³/mol. The molecule has 1 N–H and O–H groups in total. The average molecular weight is 325 g/mol. The zero-order chi connectivity index (χ0) is 17.0. The van der Waals surface area contributed by atoms with Gasteiger partial charge in [-0.1, -0.05) is 26.7 Å². The molecule has 6 heteroatoms. The van der Waals surface area contributed by atoms with Crippen LogP contribution in [0.25, 0.3) is 0 Å². The predicted octanol–water partition coefficient (Wildman–Crippen LogP) is 3.06. The van der Waals surface area contributed by atoms with Crippen molar-refractivity contribution in [2.45, 2.75) is 39.2 Å². The van der Waals surface area contributed by atoms with E-state index in [0.717, 1.165) is 31.4 Å². The third-order valence-corrected chi connectivity index (χ3v) is 4.49. The smallest absolute Gasteiger partial charge is 0.338 e. The maximum Gasteiger partial charge on any atom is 0.338 e. The van der Waals surface area contributed by atoms with E-state index in [9.17, 15) is 18.4 Å². The molecule has 0 heterocycles. The molecule has 1 aliphatic carbocycles. The molecule has 1 amide bonds. The first kappa shape index (κ1) is 17.4. The summed E-state index contributed by atoms with van der Waals surface area (Å²) in [6, 6.07) is 2.47. The zero-order valence-electron chi connectivity index (χ0n) is 13.3. The molecule has 4 nitrogen and oxygen atoms in total. The fourth-order valence-electron chi connectivity index (χ4n) is 2.92. The molecule has 0 radical (unpaired) electrons. The minimum Gasteiger partial charge on any atom is -0.452 e. The molecule has 23 heavy (non-hydrogen) atoms. The van der Waals surface area contributed by atoms with Gasteiger partial charge in [0.25, 0.3) is 5.91 Å². The first-order valence-electron chi connectivity index (χ1n) is 7.79. The molecule has 1 aromatic carbocycles. The summed E-state index contributed by atoms with van der Waals surface area (Å²) in [6.45, 7) is 3.78. The standard InChI is InChI=1S/C17H21F2NO3/c1-10-4-3-5-15(11(10)2)20-16(21)9-23-17(22)12-6-13(18)8-14(19)7-12/h6-8,10-11,15H,3-5,9H2,1-2H3,(H,20,21)/t10-,11+,15-/m0/s1. The van der Waals surface area contributed by atoms with Gasteiger partial charge in [0, 0.05) is 12.1 Å². The third-order valence-electron chi connectivity index (χ3n) is 4.49. The van der Waals surface area contributed by atoms with Crippen LogP contribution in [-0.4, -0.2) is 24.5 Å². The van der Waals surface area contributed by atoms with Crippen molar-refractivity contribution in [3.05, 3.63) is 35.4 Å². The van der Waals surface area contributed by atoms with Crippen molar-refractivity contribution in [3.8, 4) is 0 Å². The first-order valence-corrected chi connectivity index (χ1v) is 7.79. The molecular formula is C17H21F2NO3. The Bertz CT molecular complexity index is 571. The van der Waals surface area contributed by atoms with E-state index in [2.05, 4.69) is 19.2 Å². The zero-order valence-corrected chi connectivity index (χ0v) is 13.3. The maximum absolute atomic E-state index is 13.0. The number of benzene rings is 1. The van der Waals surface area contributed by atoms with Gasteiger partial charge in [0.15, 0.2) is 6.61 Å². The summed E-state index contributed by atoms with van der Waals surface area (Å²) in [5.41, 5.74) is -0.255. The minimum atomic E-state index is -0.927. The van der Waals surface area contributed by atoms with Crippen LogP contribution < -0.4 is 5.32 Å². The Kier molecular flexibility index (Phi) is 5.69. The van der Waals surface area contributed by atoms with Crippen molar-refractivity contribution >= 4 is 11.9 Å². The van der Waals surface area contributed by atoms with Crippen LogP contribution in [0.15, 0.2) is 18.2 Å². The third kappa shape index (κ3) is 4.74. The van der Waals surface area contributed by atoms with Crippen LogP contribution >= 0.6 is 0 Å². The van der Waals surface area contributed by atoms with E-state index in [0.29, 0.717) is 17.9 Å². The first-order chi connectivity index (χ1) is 10.9. The van der Waals surface area contributed by atoms with Crippen LogP contribution in [-0.2, 0) is 9.53 Å². The molecule has 1 aromatic rings. The maximum atomic E-state index is 13.0. The number of amides is 1. The monoisotopic (exact) mass is 325 g/mol. The number of nitrogens with one attached hydrogen (secondary N) is 1. The van der Waals surface area contributed by atoms with Crippen LogP contribution in [0.5, 0.6) is 0 Å². The molecule has 0 aromatic heterocycles. The lowest BCUT2D eigenvalue weighted by atomic mass is 9.78. The van der Waals surface area contributed by atoms with Gasteiger partial charge in [-0.05, 0) is 30.4 Å². The highest BCUT2D eigenvalue weighted by atomic mass is 19.1. The van der Waals surface area contributed by atoms with Crippen molar-refractivity contribution in [2.75, 3.05) is 6.61 Å². The lowest BCUT2D eigenvalue weighted by Crippen LogP contribution is -2.45. The van der Waals surface area contributed by atoms with Crippen LogP contribution in [0.3, 0.4) is 0 Å². The topological polar surface area (TPSA) is 55.4 Å². The Morgan fingerprint density at radius 3 is 2.48 bits per heavy atom. The molecule has 3 atom stereocenters. The average Bonchev–Trinajstić information content (AvgIpc) is 2.48. The highest BCUT2D eigenvalue weighted by Crippen LogP contribution is 2.29. The quantitative estimate of drug-likeness (QED) is 0.866. The van der Waals surface area contributed by atoms with Crippen molar-refractivity contribution in [1.82, 2.24) is 5.32 Å². The summed E-state index contributed by atoms with van der Waals surface area (Å²) in [4.78, 5) is 23.6. The van der Waals surface area contributed by atoms with Gasteiger partial charge >= 0.3 is 5.97 Å². The van der Waals surface area contributed by atoms with Gasteiger partial charge in [0.05, 0.1) is 5.56 Å². The second kappa shape index (κ2) is 7.53. The van der Waals surface area contributed by atoms with Gasteiger partial charge in [-0.3, -0.25) is 4.79 Å². The normalized spacial score (nSPS) is 24.1. The molecule has 126 valence electrons. The summed E-state index contributed by atoms with van der Waals surface area (Å²) in [6.07, 6.45) is 3.10. The van der Waals surface area contributed by atoms with Gasteiger partial charge in [-0.15, -0.1) is 0 Å². The van der Waals surface area contributed by atoms with Crippen LogP contribution in [0, 0.1) is 23.5 Å². The van der Waals surface area contributed by atoms with E-state index in [4.69, 9.17) is 4.74 Å². The molecule has 1 aliphatic rings. The van der Waals surface area contributed by atoms with E-state index in [1.165, 1.54) is 0 Å². The van der Waals surface area contributed by atoms with Gasteiger partial charge in [0.1, 0.15) is 11.6 Å². The Hall–Kier alpha value is -1.98. The van der Waals surface area contributed by atoms with Gasteiger partial charge < -0.3 is 10.1 Å². The van der Waals surface area contributed by atoms with Crippen LogP contribution in [0.2, 0.25) is 0 Å². The molecule has 0 saturated heterocycles. The SMILES string of the molecule is C[C@H]1[C@@H](NC(=O)COC(=O)c2cc(F)cc(F)c2)CCC[C@@H]1C. The Morgan fingerprint density at radius 2 is 1.83 bits per heavy atom. The highest BCUT2D eigenvalue weighted by Gasteiger charge is 2.28. The summed E-state index contributed by atoms with van der Waals surface area (Å²) in [5.74, 6) is -2.17. The van der Waals surface area contributed by atoms with Crippen molar-refractivity contribution in [2.24, 2.45) is 11.8 Å². The fourth-order valence-corrected chi connectivity index (χ4v) is 2.92. The van der Waals surface area contributed by atoms with Crippen molar-refractivity contribution < 1.29 is 23.1 Å². The number of hydrogen-bond donors (Lipinski definition) is 1. The van der Waals surface area contributed by atoms with Crippen LogP contribution in [0.1, 0.15) is 43.5 Å². The van der Waals surface area contributed by atoms with Crippen LogP contribution in [0.4, 0.5) is 8.78 Å². The molecule has 0 aliphatic heterocycles. The number of ether oxygens (including phenoxy) is 1. The molecule has 2 rings (SSSR count). The largest absolute Gasteiger partial charge is 0.452 e. The highest BCUT2D eigenvalue weighted by molar-refractivity contribution is 5.91. The van der Waals surface area contributed by atoms with Gasteiger partial charge in [-0.25, -0.2) is 13.6 Å². The van der Waals surface area contributed by atoms with E-state index in [-0.39, 0.29) is 11.6 Å². The number of carbonyl (C=O) groups excluding carboxylic acids is 2. The summed E-state index contributed by atoms with van der Waals surface area (Å²) < 4.78 is 30.9. The lowest BCUT2D eigenvalue weighted by molar-refractivity contribution is -0.125. The van der Waals surface area contributed by atoms with Crippen molar-refractivity contribution in [3.63, 3.8) is 0 Å². The molecule has 1 saturated carbocycles. The lowest BCUT2D eigenvalue weighted by Gasteiger charge is -2.34. The van der Waals surface area contributed by atoms with E-state index >= 15 is 0 Å². The number of halogens is 2. The minimum absolute atomic E-state index is 0.0663. The Morgan fingerprint density at radius 1 is 1.17 bits per heavy atom. The van der Waals surface area contributed by atoms with Gasteiger partial charge in [-0.2, -0.15) is 0 Å². The molecule has 0 unspecified atom stereocenters. The molecule has 0 spiro atoms. The molecular weight excluding hydrogens is 304 g/mol. The second-order valence-corrected chi connectivity index (χ2v) is 6.18. The van der Waals surface area contributed by atoms with Crippen molar-refractivity contribution in [1.29, 1.82) is 0 Å². The van der Waals surface area contributed by atoms with E-state index < -0.39 is 30.1 Å². The van der Waals surface area contributed by atoms with E-state index in [1.54, 1.807) is 0 Å². The van der Waals surface area contributed by atoms with E-state index in [1.807, 2.05) is 0 Å². The van der Waals surface area contributed by atoms with Gasteiger partial charge in [0.2, 0.25) is 0 Å². The second-order valence-electron chi connectivity index (χ2n) is 6.18. The Balaban J connectivity index is 1.85. The fraction of sp³-hybridized carbons (Fsp3) is 0.529. The Labute approximate surface area is 134 Å². The summed E-state index contributed by atoms with van der Waals surface area (Å²) >= 11 is 0. The summed E-state index contributed by atoms with van der Waals surface area (Å²) in [7, 11) is 0. The number of rotatable bonds is 4. The number of carbonyl (C=O) groups is 2. The number of hydrogen-bond acceptors (Lipinski definition) is 3. The summed E-state index contributed by atoms with van der Waals surface area (Å²) in [5, 5.41) is 2.86. The molecule has 0 bridgehead atoms. The molecule has 1 fully saturated rings.